The highest BCUT2D eigenvalue weighted by Crippen LogP contribution is 2.30. The van der Waals surface area contributed by atoms with E-state index in [1.165, 1.54) is 0 Å². The van der Waals surface area contributed by atoms with Crippen LogP contribution in [0.1, 0.15) is 37.0 Å². The standard InChI is InChI=1S/C14H19BrClNOS/c1-4-14(5-2,19-3)9-17-13(18)10-7-6-8-11(15)12(10)16/h6-8H,4-5,9H2,1-3H3,(H,17,18). The lowest BCUT2D eigenvalue weighted by atomic mass is 10.0. The average molecular weight is 365 g/mol. The summed E-state index contributed by atoms with van der Waals surface area (Å²) in [5.74, 6) is -0.119. The Labute approximate surface area is 132 Å². The quantitative estimate of drug-likeness (QED) is 0.789. The van der Waals surface area contributed by atoms with E-state index in [9.17, 15) is 4.79 Å². The van der Waals surface area contributed by atoms with Gasteiger partial charge in [0.1, 0.15) is 0 Å². The maximum atomic E-state index is 12.2. The predicted molar refractivity (Wildman–Crippen MR) is 88.3 cm³/mol. The predicted octanol–water partition coefficient (Wildman–Crippen LogP) is 4.75. The van der Waals surface area contributed by atoms with E-state index in [1.54, 1.807) is 17.8 Å². The third kappa shape index (κ3) is 4.14. The Kier molecular flexibility index (Phi) is 6.71. The fourth-order valence-corrected chi connectivity index (χ4v) is 3.25. The average Bonchev–Trinajstić information content (AvgIpc) is 2.44. The highest BCUT2D eigenvalue weighted by atomic mass is 79.9. The molecule has 1 aromatic rings. The molecule has 2 nitrogen and oxygen atoms in total. The molecule has 106 valence electrons. The molecule has 1 rings (SSSR count). The second kappa shape index (κ2) is 7.55. The number of rotatable bonds is 6. The molecule has 0 aliphatic rings. The molecule has 0 bridgehead atoms. The number of nitrogens with one attached hydrogen (secondary N) is 1. The van der Waals surface area contributed by atoms with Crippen molar-refractivity contribution in [2.45, 2.75) is 31.4 Å². The van der Waals surface area contributed by atoms with Gasteiger partial charge in [-0.25, -0.2) is 0 Å². The van der Waals surface area contributed by atoms with Crippen LogP contribution in [-0.2, 0) is 0 Å². The molecule has 1 N–H and O–H groups in total. The molecule has 0 saturated heterocycles. The molecule has 0 fully saturated rings. The van der Waals surface area contributed by atoms with Crippen molar-refractivity contribution < 1.29 is 4.79 Å². The molecular formula is C14H19BrClNOS. The monoisotopic (exact) mass is 363 g/mol. The Morgan fingerprint density at radius 1 is 1.42 bits per heavy atom. The first kappa shape index (κ1) is 16.9. The second-order valence-corrected chi connectivity index (χ2v) is 6.88. The molecule has 0 heterocycles. The van der Waals surface area contributed by atoms with Gasteiger partial charge in [-0.1, -0.05) is 31.5 Å². The van der Waals surface area contributed by atoms with Crippen molar-refractivity contribution in [3.63, 3.8) is 0 Å². The maximum absolute atomic E-state index is 12.2. The maximum Gasteiger partial charge on any atom is 0.252 e. The van der Waals surface area contributed by atoms with Gasteiger partial charge in [0.25, 0.3) is 5.91 Å². The van der Waals surface area contributed by atoms with E-state index in [0.717, 1.165) is 17.3 Å². The summed E-state index contributed by atoms with van der Waals surface area (Å²) >= 11 is 11.3. The van der Waals surface area contributed by atoms with E-state index < -0.39 is 0 Å². The Hall–Kier alpha value is -0.190. The summed E-state index contributed by atoms with van der Waals surface area (Å²) in [5.41, 5.74) is 0.512. The number of amides is 1. The molecule has 1 amide bonds. The van der Waals surface area contributed by atoms with Crippen molar-refractivity contribution in [3.05, 3.63) is 33.3 Å². The van der Waals surface area contributed by atoms with Crippen LogP contribution < -0.4 is 5.32 Å². The van der Waals surface area contributed by atoms with E-state index >= 15 is 0 Å². The number of carbonyl (C=O) groups is 1. The summed E-state index contributed by atoms with van der Waals surface area (Å²) in [6.45, 7) is 4.96. The van der Waals surface area contributed by atoms with Gasteiger partial charge in [0.05, 0.1) is 10.6 Å². The normalized spacial score (nSPS) is 11.4. The molecule has 0 radical (unpaired) electrons. The lowest BCUT2D eigenvalue weighted by Crippen LogP contribution is -2.39. The Morgan fingerprint density at radius 3 is 2.58 bits per heavy atom. The number of halogens is 2. The van der Waals surface area contributed by atoms with Crippen molar-refractivity contribution in [2.75, 3.05) is 12.8 Å². The van der Waals surface area contributed by atoms with Crippen molar-refractivity contribution in [3.8, 4) is 0 Å². The minimum atomic E-state index is -0.119. The number of benzene rings is 1. The van der Waals surface area contributed by atoms with Crippen LogP contribution in [0.2, 0.25) is 5.02 Å². The molecule has 0 spiro atoms. The van der Waals surface area contributed by atoms with Gasteiger partial charge in [0, 0.05) is 15.8 Å². The van der Waals surface area contributed by atoms with E-state index in [1.807, 2.05) is 12.1 Å². The number of carbonyl (C=O) groups excluding carboxylic acids is 1. The highest BCUT2D eigenvalue weighted by Gasteiger charge is 2.26. The van der Waals surface area contributed by atoms with Gasteiger partial charge < -0.3 is 5.32 Å². The Balaban J connectivity index is 2.78. The summed E-state index contributed by atoms with van der Waals surface area (Å²) < 4.78 is 0.845. The van der Waals surface area contributed by atoms with Crippen LogP contribution in [0.25, 0.3) is 0 Å². The van der Waals surface area contributed by atoms with Gasteiger partial charge >= 0.3 is 0 Å². The molecule has 0 aromatic heterocycles. The zero-order chi connectivity index (χ0) is 14.5. The fourth-order valence-electron chi connectivity index (χ4n) is 1.88. The van der Waals surface area contributed by atoms with E-state index in [0.29, 0.717) is 17.1 Å². The first-order chi connectivity index (χ1) is 8.99. The molecule has 1 aromatic carbocycles. The number of hydrogen-bond acceptors (Lipinski definition) is 2. The SMILES string of the molecule is CCC(CC)(CNC(=O)c1cccc(Br)c1Cl)SC. The van der Waals surface area contributed by atoms with Gasteiger partial charge in [0.15, 0.2) is 0 Å². The van der Waals surface area contributed by atoms with Crippen LogP contribution in [0.3, 0.4) is 0 Å². The van der Waals surface area contributed by atoms with Crippen molar-refractivity contribution in [1.29, 1.82) is 0 Å². The third-order valence-corrected chi connectivity index (χ3v) is 6.37. The molecule has 5 heteroatoms. The minimum Gasteiger partial charge on any atom is -0.351 e. The van der Waals surface area contributed by atoms with Crippen molar-refractivity contribution in [2.24, 2.45) is 0 Å². The summed E-state index contributed by atoms with van der Waals surface area (Å²) in [6, 6.07) is 5.37. The molecule has 0 aliphatic carbocycles. The van der Waals surface area contributed by atoms with Crippen molar-refractivity contribution in [1.82, 2.24) is 5.32 Å². The lowest BCUT2D eigenvalue weighted by molar-refractivity contribution is 0.0949. The van der Waals surface area contributed by atoms with Crippen LogP contribution in [-0.4, -0.2) is 23.5 Å². The molecular weight excluding hydrogens is 346 g/mol. The second-order valence-electron chi connectivity index (χ2n) is 4.38. The van der Waals surface area contributed by atoms with Gasteiger partial charge in [-0.3, -0.25) is 4.79 Å². The summed E-state index contributed by atoms with van der Waals surface area (Å²) in [6.07, 6.45) is 4.14. The zero-order valence-corrected chi connectivity index (χ0v) is 14.6. The van der Waals surface area contributed by atoms with Gasteiger partial charge in [-0.05, 0) is 47.2 Å². The summed E-state index contributed by atoms with van der Waals surface area (Å²) in [7, 11) is 0. The van der Waals surface area contributed by atoms with Gasteiger partial charge in [-0.2, -0.15) is 11.8 Å². The lowest BCUT2D eigenvalue weighted by Gasteiger charge is -2.29. The molecule has 0 atom stereocenters. The first-order valence-electron chi connectivity index (χ1n) is 6.27. The molecule has 0 aliphatic heterocycles. The molecule has 19 heavy (non-hydrogen) atoms. The topological polar surface area (TPSA) is 29.1 Å². The van der Waals surface area contributed by atoms with Gasteiger partial charge in [-0.15, -0.1) is 0 Å². The minimum absolute atomic E-state index is 0.105. The number of hydrogen-bond donors (Lipinski definition) is 1. The zero-order valence-electron chi connectivity index (χ0n) is 11.4. The number of thioether (sulfide) groups is 1. The molecule has 0 unspecified atom stereocenters. The van der Waals surface area contributed by atoms with Crippen LogP contribution in [0.4, 0.5) is 0 Å². The third-order valence-electron chi connectivity index (χ3n) is 3.49. The van der Waals surface area contributed by atoms with E-state index in [2.05, 4.69) is 41.3 Å². The first-order valence-corrected chi connectivity index (χ1v) is 8.66. The Morgan fingerprint density at radius 2 is 2.05 bits per heavy atom. The largest absolute Gasteiger partial charge is 0.351 e. The molecule has 0 saturated carbocycles. The smallest absolute Gasteiger partial charge is 0.252 e. The van der Waals surface area contributed by atoms with E-state index in [4.69, 9.17) is 11.6 Å². The van der Waals surface area contributed by atoms with Crippen LogP contribution in [0.15, 0.2) is 22.7 Å². The summed E-state index contributed by atoms with van der Waals surface area (Å²) in [4.78, 5) is 12.2. The Bertz CT molecular complexity index is 441. The van der Waals surface area contributed by atoms with E-state index in [-0.39, 0.29) is 10.7 Å². The fraction of sp³-hybridized carbons (Fsp3) is 0.500. The highest BCUT2D eigenvalue weighted by molar-refractivity contribution is 9.10. The van der Waals surface area contributed by atoms with Gasteiger partial charge in [0.2, 0.25) is 0 Å². The summed E-state index contributed by atoms with van der Waals surface area (Å²) in [5, 5.41) is 3.46. The van der Waals surface area contributed by atoms with Crippen LogP contribution in [0.5, 0.6) is 0 Å². The van der Waals surface area contributed by atoms with Crippen LogP contribution >= 0.6 is 39.3 Å². The van der Waals surface area contributed by atoms with Crippen LogP contribution in [0, 0.1) is 0 Å². The van der Waals surface area contributed by atoms with Crippen molar-refractivity contribution >= 4 is 45.2 Å².